The number of carbonyl (C=O) groups excluding carboxylic acids is 2. The smallest absolute Gasteiger partial charge is 0.251 e. The molecule has 0 radical (unpaired) electrons. The van der Waals surface area contributed by atoms with Gasteiger partial charge >= 0.3 is 0 Å². The number of nitrogens with one attached hydrogen (secondary N) is 1. The van der Waals surface area contributed by atoms with Crippen LogP contribution in [0.25, 0.3) is 5.69 Å². The van der Waals surface area contributed by atoms with Gasteiger partial charge in [-0.1, -0.05) is 25.7 Å². The molecule has 2 aliphatic carbocycles. The average molecular weight is 365 g/mol. The largest absolute Gasteiger partial charge is 0.349 e. The Morgan fingerprint density at radius 1 is 1.04 bits per heavy atom. The number of benzene rings is 1. The number of carbonyl (C=O) groups is 2. The van der Waals surface area contributed by atoms with E-state index >= 15 is 0 Å². The number of rotatable bonds is 3. The van der Waals surface area contributed by atoms with Gasteiger partial charge in [-0.2, -0.15) is 5.10 Å². The second-order valence-corrected chi connectivity index (χ2v) is 7.80. The SMILES string of the molecule is Cc1nn(-c2ccc(C(=O)NC3CCCCCC3)cc2)c2c1C(=O)CCC2. The Kier molecular flexibility index (Phi) is 5.10. The summed E-state index contributed by atoms with van der Waals surface area (Å²) in [5.74, 6) is 0.196. The molecule has 1 amide bonds. The quantitative estimate of drug-likeness (QED) is 0.831. The number of fused-ring (bicyclic) bond motifs is 1. The maximum absolute atomic E-state index is 12.6. The highest BCUT2D eigenvalue weighted by atomic mass is 16.1. The van der Waals surface area contributed by atoms with E-state index in [4.69, 9.17) is 0 Å². The molecule has 0 aliphatic heterocycles. The number of nitrogens with zero attached hydrogens (tertiary/aromatic N) is 2. The molecule has 142 valence electrons. The zero-order valence-electron chi connectivity index (χ0n) is 16.0. The summed E-state index contributed by atoms with van der Waals surface area (Å²) in [5.41, 5.74) is 4.16. The van der Waals surface area contributed by atoms with E-state index in [2.05, 4.69) is 10.4 Å². The second-order valence-electron chi connectivity index (χ2n) is 7.80. The summed E-state index contributed by atoms with van der Waals surface area (Å²) in [4.78, 5) is 24.8. The Labute approximate surface area is 160 Å². The van der Waals surface area contributed by atoms with Crippen LogP contribution in [0.15, 0.2) is 24.3 Å². The molecule has 2 aliphatic rings. The first-order valence-corrected chi connectivity index (χ1v) is 10.2. The Hall–Kier alpha value is -2.43. The van der Waals surface area contributed by atoms with E-state index in [1.807, 2.05) is 35.9 Å². The van der Waals surface area contributed by atoms with E-state index in [1.165, 1.54) is 25.7 Å². The lowest BCUT2D eigenvalue weighted by molar-refractivity contribution is 0.0931. The number of Topliss-reactive ketones (excluding diaryl/α,β-unsaturated/α-hetero) is 1. The molecule has 0 atom stereocenters. The third-order valence-electron chi connectivity index (χ3n) is 5.82. The van der Waals surface area contributed by atoms with E-state index in [9.17, 15) is 9.59 Å². The molecule has 1 saturated carbocycles. The van der Waals surface area contributed by atoms with Gasteiger partial charge in [0.25, 0.3) is 5.91 Å². The first-order valence-electron chi connectivity index (χ1n) is 10.2. The zero-order chi connectivity index (χ0) is 18.8. The summed E-state index contributed by atoms with van der Waals surface area (Å²) in [6, 6.07) is 7.86. The molecule has 4 rings (SSSR count). The molecule has 0 bridgehead atoms. The number of amides is 1. The van der Waals surface area contributed by atoms with Crippen molar-refractivity contribution in [1.29, 1.82) is 0 Å². The number of aromatic nitrogens is 2. The monoisotopic (exact) mass is 365 g/mol. The van der Waals surface area contributed by atoms with Crippen LogP contribution in [0.3, 0.4) is 0 Å². The number of ketones is 1. The van der Waals surface area contributed by atoms with Gasteiger partial charge in [-0.05, 0) is 56.9 Å². The summed E-state index contributed by atoms with van der Waals surface area (Å²) in [7, 11) is 0. The summed E-state index contributed by atoms with van der Waals surface area (Å²) in [6.45, 7) is 1.90. The first-order chi connectivity index (χ1) is 13.1. The molecule has 1 fully saturated rings. The van der Waals surface area contributed by atoms with E-state index in [0.717, 1.165) is 48.3 Å². The molecule has 1 heterocycles. The maximum atomic E-state index is 12.6. The highest BCUT2D eigenvalue weighted by Crippen LogP contribution is 2.26. The third kappa shape index (κ3) is 3.68. The molecule has 0 saturated heterocycles. The summed E-state index contributed by atoms with van der Waals surface area (Å²) >= 11 is 0. The predicted molar refractivity (Wildman–Crippen MR) is 105 cm³/mol. The van der Waals surface area contributed by atoms with Gasteiger partial charge < -0.3 is 5.32 Å². The van der Waals surface area contributed by atoms with Crippen LogP contribution in [-0.4, -0.2) is 27.5 Å². The fourth-order valence-corrected chi connectivity index (χ4v) is 4.37. The van der Waals surface area contributed by atoms with Gasteiger partial charge in [0, 0.05) is 18.0 Å². The minimum atomic E-state index is 0.00213. The van der Waals surface area contributed by atoms with Crippen molar-refractivity contribution in [3.63, 3.8) is 0 Å². The predicted octanol–water partition coefficient (Wildman–Crippen LogP) is 4.15. The van der Waals surface area contributed by atoms with Gasteiger partial charge in [0.15, 0.2) is 5.78 Å². The summed E-state index contributed by atoms with van der Waals surface area (Å²) in [6.07, 6.45) is 9.46. The van der Waals surface area contributed by atoms with Crippen molar-refractivity contribution in [2.45, 2.75) is 70.8 Å². The fraction of sp³-hybridized carbons (Fsp3) is 0.500. The summed E-state index contributed by atoms with van der Waals surface area (Å²) in [5, 5.41) is 7.77. The molecule has 5 heteroatoms. The molecule has 0 spiro atoms. The standard InChI is InChI=1S/C22H27N3O2/c1-15-21-19(9-6-10-20(21)26)25(24-15)18-13-11-16(12-14-18)22(27)23-17-7-4-2-3-5-8-17/h11-14,17H,2-10H2,1H3,(H,23,27). The zero-order valence-corrected chi connectivity index (χ0v) is 16.0. The molecular formula is C22H27N3O2. The Bertz CT molecular complexity index is 843. The molecule has 1 N–H and O–H groups in total. The number of aryl methyl sites for hydroxylation is 1. The van der Waals surface area contributed by atoms with Gasteiger partial charge in [0.2, 0.25) is 0 Å². The van der Waals surface area contributed by atoms with Crippen LogP contribution in [0.4, 0.5) is 0 Å². The van der Waals surface area contributed by atoms with E-state index in [0.29, 0.717) is 18.0 Å². The van der Waals surface area contributed by atoms with Crippen LogP contribution in [0.1, 0.15) is 83.5 Å². The van der Waals surface area contributed by atoms with Crippen molar-refractivity contribution in [3.8, 4) is 5.69 Å². The van der Waals surface area contributed by atoms with Gasteiger partial charge in [0.05, 0.1) is 22.6 Å². The van der Waals surface area contributed by atoms with E-state index in [1.54, 1.807) is 0 Å². The van der Waals surface area contributed by atoms with Crippen LogP contribution in [0, 0.1) is 6.92 Å². The average Bonchev–Trinajstić information content (AvgIpc) is 2.84. The maximum Gasteiger partial charge on any atom is 0.251 e. The number of hydrogen-bond acceptors (Lipinski definition) is 3. The van der Waals surface area contributed by atoms with Crippen molar-refractivity contribution in [2.75, 3.05) is 0 Å². The van der Waals surface area contributed by atoms with Crippen molar-refractivity contribution >= 4 is 11.7 Å². The Balaban J connectivity index is 1.52. The highest BCUT2D eigenvalue weighted by Gasteiger charge is 2.25. The van der Waals surface area contributed by atoms with Crippen molar-refractivity contribution < 1.29 is 9.59 Å². The van der Waals surface area contributed by atoms with E-state index in [-0.39, 0.29) is 11.7 Å². The second kappa shape index (κ2) is 7.67. The molecule has 1 aromatic heterocycles. The Morgan fingerprint density at radius 3 is 2.44 bits per heavy atom. The lowest BCUT2D eigenvalue weighted by Gasteiger charge is -2.16. The van der Waals surface area contributed by atoms with Gasteiger partial charge in [-0.3, -0.25) is 9.59 Å². The molecule has 5 nitrogen and oxygen atoms in total. The lowest BCUT2D eigenvalue weighted by atomic mass is 9.94. The molecule has 2 aromatic rings. The van der Waals surface area contributed by atoms with Gasteiger partial charge in [-0.15, -0.1) is 0 Å². The fourth-order valence-electron chi connectivity index (χ4n) is 4.37. The molecule has 27 heavy (non-hydrogen) atoms. The minimum absolute atomic E-state index is 0.00213. The lowest BCUT2D eigenvalue weighted by Crippen LogP contribution is -2.34. The third-order valence-corrected chi connectivity index (χ3v) is 5.82. The topological polar surface area (TPSA) is 64.0 Å². The van der Waals surface area contributed by atoms with Crippen LogP contribution >= 0.6 is 0 Å². The number of hydrogen-bond donors (Lipinski definition) is 1. The van der Waals surface area contributed by atoms with Crippen LogP contribution in [-0.2, 0) is 6.42 Å². The van der Waals surface area contributed by atoms with Crippen LogP contribution < -0.4 is 5.32 Å². The first kappa shape index (κ1) is 18.0. The molecular weight excluding hydrogens is 338 g/mol. The van der Waals surface area contributed by atoms with Gasteiger partial charge in [-0.25, -0.2) is 4.68 Å². The van der Waals surface area contributed by atoms with Crippen LogP contribution in [0.5, 0.6) is 0 Å². The van der Waals surface area contributed by atoms with Crippen molar-refractivity contribution in [1.82, 2.24) is 15.1 Å². The van der Waals surface area contributed by atoms with Crippen LogP contribution in [0.2, 0.25) is 0 Å². The molecule has 0 unspecified atom stereocenters. The Morgan fingerprint density at radius 2 is 1.74 bits per heavy atom. The van der Waals surface area contributed by atoms with Gasteiger partial charge in [0.1, 0.15) is 0 Å². The highest BCUT2D eigenvalue weighted by molar-refractivity contribution is 5.99. The normalized spacial score (nSPS) is 18.0. The minimum Gasteiger partial charge on any atom is -0.349 e. The van der Waals surface area contributed by atoms with Crippen molar-refractivity contribution in [2.24, 2.45) is 0 Å². The molecule has 1 aromatic carbocycles. The summed E-state index contributed by atoms with van der Waals surface area (Å²) < 4.78 is 1.87. The van der Waals surface area contributed by atoms with Crippen molar-refractivity contribution in [3.05, 3.63) is 46.8 Å². The van der Waals surface area contributed by atoms with E-state index < -0.39 is 0 Å².